The summed E-state index contributed by atoms with van der Waals surface area (Å²) < 4.78 is 14.0. The zero-order chi connectivity index (χ0) is 12.8. The Kier molecular flexibility index (Phi) is 4.48. The second-order valence-corrected chi connectivity index (χ2v) is 4.36. The lowest BCUT2D eigenvalue weighted by Crippen LogP contribution is -1.91. The van der Waals surface area contributed by atoms with Crippen molar-refractivity contribution < 1.29 is 9.50 Å². The quantitative estimate of drug-likeness (QED) is 0.793. The molecule has 94 valence electrons. The second-order valence-electron chi connectivity index (χ2n) is 4.36. The van der Waals surface area contributed by atoms with Gasteiger partial charge in [0.05, 0.1) is 0 Å². The van der Waals surface area contributed by atoms with Gasteiger partial charge in [-0.1, -0.05) is 42.5 Å². The molecule has 2 heteroatoms. The third-order valence-corrected chi connectivity index (χ3v) is 2.99. The number of hydrogen-bond acceptors (Lipinski definition) is 1. The van der Waals surface area contributed by atoms with Gasteiger partial charge < -0.3 is 5.11 Å². The van der Waals surface area contributed by atoms with Crippen LogP contribution in [0.4, 0.5) is 4.39 Å². The number of aliphatic hydroxyl groups excluding tert-OH is 1. The van der Waals surface area contributed by atoms with Gasteiger partial charge in [0.2, 0.25) is 0 Å². The first-order valence-corrected chi connectivity index (χ1v) is 6.26. The minimum Gasteiger partial charge on any atom is -0.396 e. The maximum Gasteiger partial charge on any atom is 0.131 e. The van der Waals surface area contributed by atoms with Crippen LogP contribution in [0.15, 0.2) is 48.5 Å². The number of benzene rings is 2. The van der Waals surface area contributed by atoms with Crippen LogP contribution in [0.2, 0.25) is 0 Å². The summed E-state index contributed by atoms with van der Waals surface area (Å²) in [6.07, 6.45) is 2.47. The Balaban J connectivity index is 2.15. The van der Waals surface area contributed by atoms with Crippen LogP contribution in [0.25, 0.3) is 11.1 Å². The van der Waals surface area contributed by atoms with Crippen molar-refractivity contribution in [2.75, 3.05) is 6.61 Å². The molecule has 2 aromatic rings. The number of halogens is 1. The molecule has 0 aromatic heterocycles. The standard InChI is InChI=1S/C16H17FO/c17-16-12-13(6-4-5-11-18)9-10-15(16)14-7-2-1-3-8-14/h1-3,7-10,12,18H,4-6,11H2. The smallest absolute Gasteiger partial charge is 0.131 e. The van der Waals surface area contributed by atoms with Crippen LogP contribution in [0.1, 0.15) is 18.4 Å². The molecule has 0 spiro atoms. The molecule has 0 fully saturated rings. The Hall–Kier alpha value is -1.67. The number of unbranched alkanes of at least 4 members (excludes halogenated alkanes) is 1. The fourth-order valence-electron chi connectivity index (χ4n) is 2.01. The first-order valence-electron chi connectivity index (χ1n) is 6.26. The Labute approximate surface area is 107 Å². The van der Waals surface area contributed by atoms with Crippen LogP contribution in [0.5, 0.6) is 0 Å². The molecular weight excluding hydrogens is 227 g/mol. The molecule has 18 heavy (non-hydrogen) atoms. The lowest BCUT2D eigenvalue weighted by molar-refractivity contribution is 0.284. The Morgan fingerprint density at radius 2 is 1.72 bits per heavy atom. The highest BCUT2D eigenvalue weighted by atomic mass is 19.1. The van der Waals surface area contributed by atoms with E-state index < -0.39 is 0 Å². The molecular formula is C16H17FO. The van der Waals surface area contributed by atoms with Crippen LogP contribution in [0.3, 0.4) is 0 Å². The number of hydrogen-bond donors (Lipinski definition) is 1. The second kappa shape index (κ2) is 6.31. The average molecular weight is 244 g/mol. The molecule has 0 unspecified atom stereocenters. The van der Waals surface area contributed by atoms with Gasteiger partial charge in [-0.3, -0.25) is 0 Å². The molecule has 0 saturated carbocycles. The molecule has 0 aliphatic rings. The minimum atomic E-state index is -0.178. The Morgan fingerprint density at radius 1 is 0.944 bits per heavy atom. The van der Waals surface area contributed by atoms with Crippen LogP contribution < -0.4 is 0 Å². The molecule has 0 atom stereocenters. The van der Waals surface area contributed by atoms with E-state index >= 15 is 0 Å². The summed E-state index contributed by atoms with van der Waals surface area (Å²) in [6.45, 7) is 0.199. The summed E-state index contributed by atoms with van der Waals surface area (Å²) in [5.41, 5.74) is 2.53. The van der Waals surface area contributed by atoms with E-state index in [1.54, 1.807) is 6.07 Å². The fraction of sp³-hybridized carbons (Fsp3) is 0.250. The molecule has 0 aliphatic heterocycles. The van der Waals surface area contributed by atoms with Gasteiger partial charge in [0, 0.05) is 12.2 Å². The van der Waals surface area contributed by atoms with Crippen molar-refractivity contribution >= 4 is 0 Å². The van der Waals surface area contributed by atoms with E-state index in [4.69, 9.17) is 5.11 Å². The van der Waals surface area contributed by atoms with E-state index in [0.717, 1.165) is 30.4 Å². The molecule has 0 amide bonds. The molecule has 2 aromatic carbocycles. The summed E-state index contributed by atoms with van der Waals surface area (Å²) in [7, 11) is 0. The van der Waals surface area contributed by atoms with E-state index in [9.17, 15) is 4.39 Å². The maximum absolute atomic E-state index is 14.0. The predicted molar refractivity (Wildman–Crippen MR) is 71.9 cm³/mol. The maximum atomic E-state index is 14.0. The zero-order valence-corrected chi connectivity index (χ0v) is 10.3. The molecule has 0 saturated heterocycles. The Morgan fingerprint density at radius 3 is 2.39 bits per heavy atom. The molecule has 0 bridgehead atoms. The molecule has 1 nitrogen and oxygen atoms in total. The summed E-state index contributed by atoms with van der Waals surface area (Å²) >= 11 is 0. The minimum absolute atomic E-state index is 0.178. The topological polar surface area (TPSA) is 20.2 Å². The van der Waals surface area contributed by atoms with Crippen molar-refractivity contribution in [3.05, 3.63) is 59.9 Å². The predicted octanol–water partition coefficient (Wildman–Crippen LogP) is 3.81. The largest absolute Gasteiger partial charge is 0.396 e. The van der Waals surface area contributed by atoms with E-state index in [0.29, 0.717) is 5.56 Å². The monoisotopic (exact) mass is 244 g/mol. The highest BCUT2D eigenvalue weighted by Crippen LogP contribution is 2.23. The third-order valence-electron chi connectivity index (χ3n) is 2.99. The first-order chi connectivity index (χ1) is 8.81. The fourth-order valence-corrected chi connectivity index (χ4v) is 2.01. The van der Waals surface area contributed by atoms with Crippen LogP contribution in [-0.2, 0) is 6.42 Å². The molecule has 0 aliphatic carbocycles. The number of rotatable bonds is 5. The SMILES string of the molecule is OCCCCc1ccc(-c2ccccc2)c(F)c1. The van der Waals surface area contributed by atoms with E-state index in [-0.39, 0.29) is 12.4 Å². The van der Waals surface area contributed by atoms with Crippen molar-refractivity contribution in [1.82, 2.24) is 0 Å². The van der Waals surface area contributed by atoms with Gasteiger partial charge in [-0.15, -0.1) is 0 Å². The van der Waals surface area contributed by atoms with Gasteiger partial charge in [-0.2, -0.15) is 0 Å². The van der Waals surface area contributed by atoms with Gasteiger partial charge in [0.25, 0.3) is 0 Å². The van der Waals surface area contributed by atoms with Gasteiger partial charge in [-0.05, 0) is 36.5 Å². The van der Waals surface area contributed by atoms with Gasteiger partial charge in [0.15, 0.2) is 0 Å². The molecule has 0 radical (unpaired) electrons. The van der Waals surface area contributed by atoms with Crippen molar-refractivity contribution in [2.24, 2.45) is 0 Å². The summed E-state index contributed by atoms with van der Waals surface area (Å²) in [5.74, 6) is -0.178. The van der Waals surface area contributed by atoms with Crippen molar-refractivity contribution in [1.29, 1.82) is 0 Å². The van der Waals surface area contributed by atoms with Crippen molar-refractivity contribution in [3.63, 3.8) is 0 Å². The lowest BCUT2D eigenvalue weighted by Gasteiger charge is -2.06. The normalized spacial score (nSPS) is 10.6. The molecule has 1 N–H and O–H groups in total. The Bertz CT molecular complexity index is 494. The van der Waals surface area contributed by atoms with E-state index in [1.165, 1.54) is 0 Å². The number of aryl methyl sites for hydroxylation is 1. The van der Waals surface area contributed by atoms with Crippen molar-refractivity contribution in [2.45, 2.75) is 19.3 Å². The first kappa shape index (κ1) is 12.8. The third kappa shape index (κ3) is 3.17. The van der Waals surface area contributed by atoms with Crippen molar-refractivity contribution in [3.8, 4) is 11.1 Å². The van der Waals surface area contributed by atoms with Crippen LogP contribution >= 0.6 is 0 Å². The highest BCUT2D eigenvalue weighted by Gasteiger charge is 2.05. The van der Waals surface area contributed by atoms with E-state index in [1.807, 2.05) is 42.5 Å². The zero-order valence-electron chi connectivity index (χ0n) is 10.3. The van der Waals surface area contributed by atoms with Crippen LogP contribution in [-0.4, -0.2) is 11.7 Å². The lowest BCUT2D eigenvalue weighted by atomic mass is 10.0. The average Bonchev–Trinajstić information content (AvgIpc) is 2.40. The van der Waals surface area contributed by atoms with Gasteiger partial charge >= 0.3 is 0 Å². The molecule has 0 heterocycles. The van der Waals surface area contributed by atoms with Crippen LogP contribution in [0, 0.1) is 5.82 Å². The van der Waals surface area contributed by atoms with Gasteiger partial charge in [-0.25, -0.2) is 4.39 Å². The summed E-state index contributed by atoms with van der Waals surface area (Å²) in [4.78, 5) is 0. The summed E-state index contributed by atoms with van der Waals surface area (Å²) in [6, 6.07) is 14.9. The highest BCUT2D eigenvalue weighted by molar-refractivity contribution is 5.64. The number of aliphatic hydroxyl groups is 1. The summed E-state index contributed by atoms with van der Waals surface area (Å²) in [5, 5.41) is 8.72. The molecule has 2 rings (SSSR count). The van der Waals surface area contributed by atoms with E-state index in [2.05, 4.69) is 0 Å². The van der Waals surface area contributed by atoms with Gasteiger partial charge in [0.1, 0.15) is 5.82 Å².